The maximum absolute atomic E-state index is 12.3. The van der Waals surface area contributed by atoms with E-state index in [9.17, 15) is 4.79 Å². The Bertz CT molecular complexity index is 718. The van der Waals surface area contributed by atoms with Crippen molar-refractivity contribution in [1.29, 1.82) is 0 Å². The second-order valence-electron chi connectivity index (χ2n) is 6.48. The Balaban J connectivity index is 0.00000243. The van der Waals surface area contributed by atoms with Gasteiger partial charge in [0.05, 0.1) is 10.7 Å². The summed E-state index contributed by atoms with van der Waals surface area (Å²) in [5, 5.41) is 10.3. The Morgan fingerprint density at radius 1 is 1.15 bits per heavy atom. The number of halogens is 2. The number of carbonyl (C=O) groups is 1. The zero-order valence-electron chi connectivity index (χ0n) is 14.8. The van der Waals surface area contributed by atoms with Crippen molar-refractivity contribution in [1.82, 2.24) is 5.32 Å². The largest absolute Gasteiger partial charge is 0.377 e. The first-order valence-electron chi connectivity index (χ1n) is 8.76. The van der Waals surface area contributed by atoms with Gasteiger partial charge in [-0.15, -0.1) is 12.4 Å². The van der Waals surface area contributed by atoms with Crippen LogP contribution in [0.3, 0.4) is 0 Å². The summed E-state index contributed by atoms with van der Waals surface area (Å²) in [5.41, 5.74) is 2.80. The number of hydrogen-bond donors (Lipinski definition) is 3. The molecule has 0 spiro atoms. The highest BCUT2D eigenvalue weighted by Gasteiger charge is 2.21. The molecule has 1 heterocycles. The van der Waals surface area contributed by atoms with Gasteiger partial charge in [0.2, 0.25) is 5.91 Å². The molecule has 6 heteroatoms. The van der Waals surface area contributed by atoms with E-state index in [0.717, 1.165) is 37.3 Å². The predicted octanol–water partition coefficient (Wildman–Crippen LogP) is 4.87. The van der Waals surface area contributed by atoms with Gasteiger partial charge in [-0.2, -0.15) is 0 Å². The van der Waals surface area contributed by atoms with Crippen LogP contribution in [-0.4, -0.2) is 19.0 Å². The second kappa shape index (κ2) is 9.81. The number of rotatable bonds is 5. The molecule has 1 saturated heterocycles. The van der Waals surface area contributed by atoms with E-state index in [-0.39, 0.29) is 30.3 Å². The fraction of sp³-hybridized carbons (Fsp3) is 0.350. The minimum absolute atomic E-state index is 0. The summed E-state index contributed by atoms with van der Waals surface area (Å²) in [6.45, 7) is 3.90. The number of amides is 1. The van der Waals surface area contributed by atoms with Gasteiger partial charge in [-0.1, -0.05) is 41.9 Å². The summed E-state index contributed by atoms with van der Waals surface area (Å²) in [7, 11) is 0. The first-order chi connectivity index (χ1) is 12.1. The topological polar surface area (TPSA) is 53.2 Å². The van der Waals surface area contributed by atoms with E-state index in [1.54, 1.807) is 6.07 Å². The molecular weight excluding hydrogens is 369 g/mol. The molecule has 2 aromatic carbocycles. The number of benzene rings is 2. The van der Waals surface area contributed by atoms with Crippen LogP contribution in [0.15, 0.2) is 48.5 Å². The highest BCUT2D eigenvalue weighted by atomic mass is 35.5. The standard InChI is InChI=1S/C20H24ClN3O.ClH/c1-14(15-5-3-2-4-6-15)23-19-8-7-17(13-18(19)21)24-20(25)16-9-11-22-12-10-16;/h2-8,13-14,16,22-23H,9-12H2,1H3,(H,24,25);1H. The molecule has 1 aliphatic heterocycles. The maximum atomic E-state index is 12.3. The zero-order valence-corrected chi connectivity index (χ0v) is 16.4. The third-order valence-electron chi connectivity index (χ3n) is 4.62. The summed E-state index contributed by atoms with van der Waals surface area (Å²) in [4.78, 5) is 12.3. The summed E-state index contributed by atoms with van der Waals surface area (Å²) in [6.07, 6.45) is 1.77. The molecule has 0 aromatic heterocycles. The number of anilines is 2. The van der Waals surface area contributed by atoms with E-state index in [1.807, 2.05) is 30.3 Å². The molecule has 0 radical (unpaired) electrons. The Morgan fingerprint density at radius 2 is 1.85 bits per heavy atom. The number of hydrogen-bond acceptors (Lipinski definition) is 3. The molecule has 4 nitrogen and oxygen atoms in total. The normalized spacial score (nSPS) is 15.6. The van der Waals surface area contributed by atoms with Crippen molar-refractivity contribution in [2.24, 2.45) is 5.92 Å². The lowest BCUT2D eigenvalue weighted by atomic mass is 9.97. The molecular formula is C20H25Cl2N3O. The van der Waals surface area contributed by atoms with Gasteiger partial charge in [-0.25, -0.2) is 0 Å². The highest BCUT2D eigenvalue weighted by Crippen LogP contribution is 2.29. The summed E-state index contributed by atoms with van der Waals surface area (Å²) < 4.78 is 0. The first-order valence-corrected chi connectivity index (χ1v) is 9.14. The van der Waals surface area contributed by atoms with E-state index < -0.39 is 0 Å². The number of nitrogens with one attached hydrogen (secondary N) is 3. The monoisotopic (exact) mass is 393 g/mol. The summed E-state index contributed by atoms with van der Waals surface area (Å²) in [5.74, 6) is 0.159. The van der Waals surface area contributed by atoms with Crippen LogP contribution in [0.25, 0.3) is 0 Å². The molecule has 1 aliphatic rings. The van der Waals surface area contributed by atoms with E-state index in [2.05, 4.69) is 35.0 Å². The van der Waals surface area contributed by atoms with Crippen LogP contribution >= 0.6 is 24.0 Å². The first kappa shape index (κ1) is 20.6. The molecule has 0 aliphatic carbocycles. The Morgan fingerprint density at radius 3 is 2.50 bits per heavy atom. The third-order valence-corrected chi connectivity index (χ3v) is 4.93. The predicted molar refractivity (Wildman–Crippen MR) is 111 cm³/mol. The van der Waals surface area contributed by atoms with Crippen LogP contribution in [0, 0.1) is 5.92 Å². The van der Waals surface area contributed by atoms with E-state index in [1.165, 1.54) is 5.56 Å². The molecule has 1 amide bonds. The van der Waals surface area contributed by atoms with Crippen LogP contribution < -0.4 is 16.0 Å². The van der Waals surface area contributed by atoms with Crippen molar-refractivity contribution in [2.45, 2.75) is 25.8 Å². The van der Waals surface area contributed by atoms with Crippen molar-refractivity contribution in [3.05, 3.63) is 59.1 Å². The van der Waals surface area contributed by atoms with Crippen LogP contribution in [0.2, 0.25) is 5.02 Å². The number of carbonyl (C=O) groups excluding carboxylic acids is 1. The lowest BCUT2D eigenvalue weighted by Gasteiger charge is -2.22. The summed E-state index contributed by atoms with van der Waals surface area (Å²) in [6, 6.07) is 16.0. The van der Waals surface area contributed by atoms with Gasteiger partial charge in [-0.3, -0.25) is 4.79 Å². The van der Waals surface area contributed by atoms with Crippen molar-refractivity contribution < 1.29 is 4.79 Å². The van der Waals surface area contributed by atoms with Gasteiger partial charge in [0.1, 0.15) is 0 Å². The average molecular weight is 394 g/mol. The van der Waals surface area contributed by atoms with Crippen molar-refractivity contribution in [2.75, 3.05) is 23.7 Å². The van der Waals surface area contributed by atoms with Crippen LogP contribution in [0.4, 0.5) is 11.4 Å². The minimum atomic E-state index is 0. The van der Waals surface area contributed by atoms with Crippen molar-refractivity contribution in [3.8, 4) is 0 Å². The Hall–Kier alpha value is -1.75. The molecule has 0 bridgehead atoms. The van der Waals surface area contributed by atoms with E-state index in [0.29, 0.717) is 5.02 Å². The lowest BCUT2D eigenvalue weighted by molar-refractivity contribution is -0.120. The molecule has 1 atom stereocenters. The van der Waals surface area contributed by atoms with Gasteiger partial charge in [-0.05, 0) is 56.6 Å². The Labute approximate surface area is 166 Å². The minimum Gasteiger partial charge on any atom is -0.377 e. The van der Waals surface area contributed by atoms with Gasteiger partial charge in [0.15, 0.2) is 0 Å². The van der Waals surface area contributed by atoms with Gasteiger partial charge in [0.25, 0.3) is 0 Å². The second-order valence-corrected chi connectivity index (χ2v) is 6.89. The molecule has 1 fully saturated rings. The van der Waals surface area contributed by atoms with Gasteiger partial charge < -0.3 is 16.0 Å². The molecule has 0 saturated carbocycles. The van der Waals surface area contributed by atoms with Crippen LogP contribution in [0.1, 0.15) is 31.4 Å². The highest BCUT2D eigenvalue weighted by molar-refractivity contribution is 6.33. The molecule has 1 unspecified atom stereocenters. The fourth-order valence-electron chi connectivity index (χ4n) is 3.10. The van der Waals surface area contributed by atoms with E-state index in [4.69, 9.17) is 11.6 Å². The molecule has 140 valence electrons. The van der Waals surface area contributed by atoms with Crippen molar-refractivity contribution >= 4 is 41.3 Å². The lowest BCUT2D eigenvalue weighted by Crippen LogP contribution is -2.34. The van der Waals surface area contributed by atoms with Crippen LogP contribution in [-0.2, 0) is 4.79 Å². The van der Waals surface area contributed by atoms with E-state index >= 15 is 0 Å². The molecule has 3 rings (SSSR count). The fourth-order valence-corrected chi connectivity index (χ4v) is 3.33. The number of piperidine rings is 1. The smallest absolute Gasteiger partial charge is 0.227 e. The SMILES string of the molecule is CC(Nc1ccc(NC(=O)C2CCNCC2)cc1Cl)c1ccccc1.Cl. The molecule has 2 aromatic rings. The Kier molecular flexibility index (Phi) is 7.76. The summed E-state index contributed by atoms with van der Waals surface area (Å²) >= 11 is 6.41. The quantitative estimate of drug-likeness (QED) is 0.678. The van der Waals surface area contributed by atoms with Gasteiger partial charge >= 0.3 is 0 Å². The molecule has 3 N–H and O–H groups in total. The van der Waals surface area contributed by atoms with Gasteiger partial charge in [0, 0.05) is 17.6 Å². The maximum Gasteiger partial charge on any atom is 0.227 e. The average Bonchev–Trinajstić information content (AvgIpc) is 2.65. The van der Waals surface area contributed by atoms with Crippen molar-refractivity contribution in [3.63, 3.8) is 0 Å². The third kappa shape index (κ3) is 5.37. The zero-order chi connectivity index (χ0) is 17.6. The molecule has 26 heavy (non-hydrogen) atoms. The van der Waals surface area contributed by atoms with Crippen LogP contribution in [0.5, 0.6) is 0 Å².